The molecule has 1 aromatic carbocycles. The number of hydrogen-bond acceptors (Lipinski definition) is 1. The molecule has 1 aromatic rings. The second kappa shape index (κ2) is 6.72. The van der Waals surface area contributed by atoms with Crippen molar-refractivity contribution in [2.24, 2.45) is 0 Å². The van der Waals surface area contributed by atoms with E-state index in [-0.39, 0.29) is 6.04 Å². The van der Waals surface area contributed by atoms with Crippen LogP contribution in [0.1, 0.15) is 49.0 Å². The highest BCUT2D eigenvalue weighted by Gasteiger charge is 2.37. The van der Waals surface area contributed by atoms with E-state index < -0.39 is 29.0 Å². The first-order valence-electron chi connectivity index (χ1n) is 6.47. The maximum Gasteiger partial charge on any atom is 0.417 e. The predicted molar refractivity (Wildman–Crippen MR) is 67.9 cm³/mol. The molecule has 112 valence electrons. The van der Waals surface area contributed by atoms with Gasteiger partial charge in [-0.15, -0.1) is 0 Å². The molecule has 2 nitrogen and oxygen atoms in total. The third kappa shape index (κ3) is 3.95. The number of rotatable bonds is 5. The maximum absolute atomic E-state index is 13.6. The molecule has 0 radical (unpaired) electrons. The summed E-state index contributed by atoms with van der Waals surface area (Å²) in [5.41, 5.74) is -2.18. The van der Waals surface area contributed by atoms with Crippen LogP contribution in [-0.2, 0) is 6.18 Å². The zero-order valence-electron chi connectivity index (χ0n) is 11.4. The number of halogens is 4. The van der Waals surface area contributed by atoms with Gasteiger partial charge >= 0.3 is 6.18 Å². The molecular formula is C14H17F4NO. The Labute approximate surface area is 115 Å². The Morgan fingerprint density at radius 2 is 1.95 bits per heavy atom. The predicted octanol–water partition coefficient (Wildman–Crippen LogP) is 4.15. The molecule has 0 aliphatic rings. The van der Waals surface area contributed by atoms with Crippen molar-refractivity contribution in [1.82, 2.24) is 5.32 Å². The van der Waals surface area contributed by atoms with Gasteiger partial charge in [-0.05, 0) is 25.0 Å². The van der Waals surface area contributed by atoms with E-state index in [0.29, 0.717) is 18.9 Å². The van der Waals surface area contributed by atoms with E-state index in [9.17, 15) is 22.4 Å². The first-order chi connectivity index (χ1) is 9.31. The van der Waals surface area contributed by atoms with Crippen LogP contribution >= 0.6 is 0 Å². The van der Waals surface area contributed by atoms with Crippen molar-refractivity contribution in [2.75, 3.05) is 0 Å². The highest BCUT2D eigenvalue weighted by atomic mass is 19.4. The number of carbonyl (C=O) groups is 1. The molecule has 0 aromatic heterocycles. The lowest BCUT2D eigenvalue weighted by Gasteiger charge is -2.18. The summed E-state index contributed by atoms with van der Waals surface area (Å²) in [4.78, 5) is 11.9. The van der Waals surface area contributed by atoms with E-state index in [1.807, 2.05) is 13.8 Å². The zero-order valence-corrected chi connectivity index (χ0v) is 11.4. The van der Waals surface area contributed by atoms with Crippen LogP contribution in [-0.4, -0.2) is 11.9 Å². The van der Waals surface area contributed by atoms with Gasteiger partial charge in [0.2, 0.25) is 0 Å². The molecule has 0 fully saturated rings. The second-order valence-electron chi connectivity index (χ2n) is 4.53. The standard InChI is InChI=1S/C14H17F4NO/c1-3-6-9(4-2)19-13(20)12-10(14(16,17)18)7-5-8-11(12)15/h5,7-9H,3-4,6H2,1-2H3,(H,19,20). The molecule has 20 heavy (non-hydrogen) atoms. The van der Waals surface area contributed by atoms with Gasteiger partial charge in [0.15, 0.2) is 0 Å². The molecule has 1 atom stereocenters. The van der Waals surface area contributed by atoms with Gasteiger partial charge in [-0.1, -0.05) is 26.3 Å². The fraction of sp³-hybridized carbons (Fsp3) is 0.500. The van der Waals surface area contributed by atoms with Gasteiger partial charge in [0, 0.05) is 6.04 Å². The summed E-state index contributed by atoms with van der Waals surface area (Å²) in [7, 11) is 0. The number of hydrogen-bond donors (Lipinski definition) is 1. The van der Waals surface area contributed by atoms with Crippen molar-refractivity contribution in [3.05, 3.63) is 35.1 Å². The summed E-state index contributed by atoms with van der Waals surface area (Å²) in [5, 5.41) is 2.46. The Kier molecular flexibility index (Phi) is 5.53. The normalized spacial score (nSPS) is 13.1. The summed E-state index contributed by atoms with van der Waals surface area (Å²) in [5.74, 6) is -2.18. The van der Waals surface area contributed by atoms with Crippen LogP contribution in [0.5, 0.6) is 0 Å². The lowest BCUT2D eigenvalue weighted by molar-refractivity contribution is -0.138. The Balaban J connectivity index is 3.09. The molecule has 1 rings (SSSR count). The fourth-order valence-corrected chi connectivity index (χ4v) is 1.98. The van der Waals surface area contributed by atoms with Gasteiger partial charge in [-0.3, -0.25) is 4.79 Å². The molecule has 1 amide bonds. The maximum atomic E-state index is 13.6. The van der Waals surface area contributed by atoms with Crippen LogP contribution in [0.3, 0.4) is 0 Å². The molecule has 0 aliphatic heterocycles. The average Bonchev–Trinajstić information content (AvgIpc) is 2.36. The Morgan fingerprint density at radius 3 is 2.45 bits per heavy atom. The monoisotopic (exact) mass is 291 g/mol. The summed E-state index contributed by atoms with van der Waals surface area (Å²) >= 11 is 0. The smallest absolute Gasteiger partial charge is 0.349 e. The summed E-state index contributed by atoms with van der Waals surface area (Å²) in [6.45, 7) is 3.71. The number of carbonyl (C=O) groups excluding carboxylic acids is 1. The number of alkyl halides is 3. The fourth-order valence-electron chi connectivity index (χ4n) is 1.98. The van der Waals surface area contributed by atoms with Gasteiger partial charge in [-0.25, -0.2) is 4.39 Å². The van der Waals surface area contributed by atoms with E-state index in [4.69, 9.17) is 0 Å². The molecule has 0 saturated carbocycles. The van der Waals surface area contributed by atoms with Crippen molar-refractivity contribution in [2.45, 2.75) is 45.3 Å². The first-order valence-corrected chi connectivity index (χ1v) is 6.47. The second-order valence-corrected chi connectivity index (χ2v) is 4.53. The van der Waals surface area contributed by atoms with E-state index in [0.717, 1.165) is 18.6 Å². The van der Waals surface area contributed by atoms with Crippen LogP contribution in [0, 0.1) is 5.82 Å². The molecular weight excluding hydrogens is 274 g/mol. The van der Waals surface area contributed by atoms with E-state index in [1.165, 1.54) is 0 Å². The van der Waals surface area contributed by atoms with E-state index in [2.05, 4.69) is 5.32 Å². The van der Waals surface area contributed by atoms with Gasteiger partial charge in [0.05, 0.1) is 11.1 Å². The zero-order chi connectivity index (χ0) is 15.3. The SMILES string of the molecule is CCCC(CC)NC(=O)c1c(F)cccc1C(F)(F)F. The largest absolute Gasteiger partial charge is 0.417 e. The van der Waals surface area contributed by atoms with Gasteiger partial charge < -0.3 is 5.32 Å². The minimum Gasteiger partial charge on any atom is -0.349 e. The third-order valence-corrected chi connectivity index (χ3v) is 3.01. The average molecular weight is 291 g/mol. The van der Waals surface area contributed by atoms with E-state index in [1.54, 1.807) is 0 Å². The van der Waals surface area contributed by atoms with Crippen LogP contribution in [0.4, 0.5) is 17.6 Å². The first kappa shape index (κ1) is 16.5. The lowest BCUT2D eigenvalue weighted by Crippen LogP contribution is -2.36. The molecule has 0 aliphatic carbocycles. The summed E-state index contributed by atoms with van der Waals surface area (Å²) in [6, 6.07) is 2.25. The van der Waals surface area contributed by atoms with Crippen LogP contribution in [0.25, 0.3) is 0 Å². The lowest BCUT2D eigenvalue weighted by atomic mass is 10.0. The molecule has 0 saturated heterocycles. The van der Waals surface area contributed by atoms with Crippen LogP contribution in [0.2, 0.25) is 0 Å². The number of benzene rings is 1. The Morgan fingerprint density at radius 1 is 1.30 bits per heavy atom. The van der Waals surface area contributed by atoms with Gasteiger partial charge in [-0.2, -0.15) is 13.2 Å². The number of amides is 1. The highest BCUT2D eigenvalue weighted by Crippen LogP contribution is 2.33. The molecule has 1 N–H and O–H groups in total. The molecule has 0 heterocycles. The molecule has 1 unspecified atom stereocenters. The minimum absolute atomic E-state index is 0.256. The Hall–Kier alpha value is -1.59. The van der Waals surface area contributed by atoms with Crippen molar-refractivity contribution in [1.29, 1.82) is 0 Å². The van der Waals surface area contributed by atoms with Gasteiger partial charge in [0.25, 0.3) is 5.91 Å². The third-order valence-electron chi connectivity index (χ3n) is 3.01. The van der Waals surface area contributed by atoms with Crippen LogP contribution < -0.4 is 5.32 Å². The highest BCUT2D eigenvalue weighted by molar-refractivity contribution is 5.96. The van der Waals surface area contributed by atoms with Crippen molar-refractivity contribution in [3.63, 3.8) is 0 Å². The topological polar surface area (TPSA) is 29.1 Å². The number of nitrogens with one attached hydrogen (secondary N) is 1. The van der Waals surface area contributed by atoms with Crippen molar-refractivity contribution in [3.8, 4) is 0 Å². The molecule has 0 bridgehead atoms. The molecule has 0 spiro atoms. The summed E-state index contributed by atoms with van der Waals surface area (Å²) in [6.07, 6.45) is -2.77. The molecule has 6 heteroatoms. The van der Waals surface area contributed by atoms with Crippen molar-refractivity contribution < 1.29 is 22.4 Å². The minimum atomic E-state index is -4.76. The van der Waals surface area contributed by atoms with Crippen molar-refractivity contribution >= 4 is 5.91 Å². The Bertz CT molecular complexity index is 471. The quantitative estimate of drug-likeness (QED) is 0.811. The van der Waals surface area contributed by atoms with Gasteiger partial charge in [0.1, 0.15) is 5.82 Å². The van der Waals surface area contributed by atoms with E-state index >= 15 is 0 Å². The van der Waals surface area contributed by atoms with Crippen LogP contribution in [0.15, 0.2) is 18.2 Å². The summed E-state index contributed by atoms with van der Waals surface area (Å²) < 4.78 is 52.0.